The molecule has 0 radical (unpaired) electrons. The molecule has 1 saturated heterocycles. The topological polar surface area (TPSA) is 119 Å². The van der Waals surface area contributed by atoms with Gasteiger partial charge in [0.05, 0.1) is 21.6 Å². The van der Waals surface area contributed by atoms with Crippen molar-refractivity contribution < 1.29 is 24.0 Å². The van der Waals surface area contributed by atoms with E-state index in [0.29, 0.717) is 20.9 Å². The van der Waals surface area contributed by atoms with Crippen LogP contribution in [-0.4, -0.2) is 35.9 Å². The summed E-state index contributed by atoms with van der Waals surface area (Å²) in [5, 5.41) is 14.0. The quantitative estimate of drug-likeness (QED) is 0.358. The minimum atomic E-state index is -0.775. The summed E-state index contributed by atoms with van der Waals surface area (Å²) in [4.78, 5) is 48.5. The average Bonchev–Trinajstić information content (AvgIpc) is 3.12. The number of esters is 1. The van der Waals surface area contributed by atoms with Gasteiger partial charge in [0.25, 0.3) is 11.6 Å². The number of hydrogen-bond acceptors (Lipinski definition) is 6. The van der Waals surface area contributed by atoms with Crippen molar-refractivity contribution in [2.24, 2.45) is 5.92 Å². The van der Waals surface area contributed by atoms with E-state index in [-0.39, 0.29) is 24.6 Å². The van der Waals surface area contributed by atoms with Gasteiger partial charge in [0.2, 0.25) is 5.91 Å². The van der Waals surface area contributed by atoms with Crippen LogP contribution >= 0.6 is 27.5 Å². The van der Waals surface area contributed by atoms with Gasteiger partial charge in [-0.3, -0.25) is 24.5 Å². The Morgan fingerprint density at radius 3 is 2.81 bits per heavy atom. The average molecular weight is 511 g/mol. The Morgan fingerprint density at radius 1 is 1.35 bits per heavy atom. The normalized spacial score (nSPS) is 15.6. The number of hydrogen-bond donors (Lipinski definition) is 1. The van der Waals surface area contributed by atoms with Crippen LogP contribution in [0.1, 0.15) is 12.0 Å². The molecule has 2 aromatic rings. The molecule has 1 atom stereocenters. The Labute approximate surface area is 190 Å². The maximum atomic E-state index is 12.3. The predicted molar refractivity (Wildman–Crippen MR) is 117 cm³/mol. The number of nitrogens with one attached hydrogen (secondary N) is 1. The fourth-order valence-corrected chi connectivity index (χ4v) is 3.73. The minimum Gasteiger partial charge on any atom is -0.455 e. The van der Waals surface area contributed by atoms with Crippen LogP contribution in [0, 0.1) is 23.0 Å². The molecule has 162 valence electrons. The Morgan fingerprint density at radius 2 is 2.10 bits per heavy atom. The number of aryl methyl sites for hydroxylation is 1. The van der Waals surface area contributed by atoms with Crippen LogP contribution in [0.15, 0.2) is 40.9 Å². The van der Waals surface area contributed by atoms with Crippen LogP contribution in [0.4, 0.5) is 17.1 Å². The molecule has 31 heavy (non-hydrogen) atoms. The van der Waals surface area contributed by atoms with Crippen LogP contribution in [0.2, 0.25) is 5.02 Å². The number of ether oxygens (including phenoxy) is 1. The fourth-order valence-electron chi connectivity index (χ4n) is 3.11. The van der Waals surface area contributed by atoms with Crippen LogP contribution in [-0.2, 0) is 19.1 Å². The third-order valence-electron chi connectivity index (χ3n) is 4.70. The van der Waals surface area contributed by atoms with Crippen LogP contribution in [0.3, 0.4) is 0 Å². The molecule has 2 amide bonds. The summed E-state index contributed by atoms with van der Waals surface area (Å²) in [6.45, 7) is 1.28. The minimum absolute atomic E-state index is 0.0158. The number of carbonyl (C=O) groups is 3. The lowest BCUT2D eigenvalue weighted by Gasteiger charge is -2.16. The molecule has 0 aliphatic carbocycles. The highest BCUT2D eigenvalue weighted by Crippen LogP contribution is 2.30. The lowest BCUT2D eigenvalue weighted by Crippen LogP contribution is -2.28. The van der Waals surface area contributed by atoms with Crippen molar-refractivity contribution in [2.45, 2.75) is 13.3 Å². The molecule has 1 fully saturated rings. The number of benzene rings is 2. The van der Waals surface area contributed by atoms with Gasteiger partial charge >= 0.3 is 5.97 Å². The van der Waals surface area contributed by atoms with Crippen molar-refractivity contribution in [3.05, 3.63) is 61.6 Å². The number of nitro benzene ring substituents is 1. The lowest BCUT2D eigenvalue weighted by molar-refractivity contribution is -0.384. The molecule has 11 heteroatoms. The highest BCUT2D eigenvalue weighted by atomic mass is 79.9. The maximum absolute atomic E-state index is 12.3. The molecule has 1 N–H and O–H groups in total. The van der Waals surface area contributed by atoms with E-state index < -0.39 is 29.3 Å². The largest absolute Gasteiger partial charge is 0.455 e. The van der Waals surface area contributed by atoms with Gasteiger partial charge in [0.15, 0.2) is 6.61 Å². The maximum Gasteiger partial charge on any atom is 0.311 e. The molecule has 2 aromatic carbocycles. The van der Waals surface area contributed by atoms with Gasteiger partial charge in [0.1, 0.15) is 0 Å². The molecular weight excluding hydrogens is 494 g/mol. The number of carbonyl (C=O) groups excluding carboxylic acids is 3. The number of rotatable bonds is 6. The molecular formula is C20H17BrClN3O6. The Balaban J connectivity index is 1.57. The van der Waals surface area contributed by atoms with Crippen molar-refractivity contribution in [1.29, 1.82) is 0 Å². The zero-order valence-electron chi connectivity index (χ0n) is 16.3. The third-order valence-corrected chi connectivity index (χ3v) is 5.89. The first kappa shape index (κ1) is 22.7. The molecule has 0 bridgehead atoms. The van der Waals surface area contributed by atoms with Crippen LogP contribution < -0.4 is 10.2 Å². The van der Waals surface area contributed by atoms with Gasteiger partial charge in [-0.1, -0.05) is 17.7 Å². The van der Waals surface area contributed by atoms with E-state index in [2.05, 4.69) is 21.2 Å². The van der Waals surface area contributed by atoms with Crippen molar-refractivity contribution in [2.75, 3.05) is 23.4 Å². The Bertz CT molecular complexity index is 1080. The summed E-state index contributed by atoms with van der Waals surface area (Å²) in [6, 6.07) is 8.92. The summed E-state index contributed by atoms with van der Waals surface area (Å²) >= 11 is 9.32. The van der Waals surface area contributed by atoms with Gasteiger partial charge < -0.3 is 15.0 Å². The zero-order valence-corrected chi connectivity index (χ0v) is 18.6. The van der Waals surface area contributed by atoms with Gasteiger partial charge in [-0.25, -0.2) is 0 Å². The van der Waals surface area contributed by atoms with E-state index >= 15 is 0 Å². The molecule has 1 aliphatic heterocycles. The van der Waals surface area contributed by atoms with E-state index in [0.717, 1.165) is 5.56 Å². The van der Waals surface area contributed by atoms with Gasteiger partial charge in [-0.2, -0.15) is 0 Å². The first-order valence-electron chi connectivity index (χ1n) is 9.12. The second-order valence-electron chi connectivity index (χ2n) is 6.92. The van der Waals surface area contributed by atoms with E-state index in [1.807, 2.05) is 0 Å². The standard InChI is InChI=1S/C20H17BrClN3O6/c1-11-5-15(21)16(22)8-17(11)23-18(26)10-31-20(28)12-6-19(27)24(9-12)13-3-2-4-14(7-13)25(29)30/h2-5,7-8,12H,6,9-10H2,1H3,(H,23,26)/t12-/m1/s1. The predicted octanol–water partition coefficient (Wildman–Crippen LogP) is 3.85. The van der Waals surface area contributed by atoms with Crippen LogP contribution in [0.5, 0.6) is 0 Å². The summed E-state index contributed by atoms with van der Waals surface area (Å²) in [5.41, 5.74) is 1.43. The first-order valence-corrected chi connectivity index (χ1v) is 10.3. The number of nitro groups is 1. The van der Waals surface area contributed by atoms with Crippen molar-refractivity contribution in [1.82, 2.24) is 0 Å². The summed E-state index contributed by atoms with van der Waals surface area (Å²) in [7, 11) is 0. The van der Waals surface area contributed by atoms with Crippen molar-refractivity contribution in [3.63, 3.8) is 0 Å². The first-order chi connectivity index (χ1) is 14.7. The second-order valence-corrected chi connectivity index (χ2v) is 8.18. The molecule has 1 heterocycles. The lowest BCUT2D eigenvalue weighted by atomic mass is 10.1. The van der Waals surface area contributed by atoms with E-state index in [1.54, 1.807) is 25.1 Å². The monoisotopic (exact) mass is 509 g/mol. The van der Waals surface area contributed by atoms with E-state index in [1.165, 1.54) is 23.1 Å². The highest BCUT2D eigenvalue weighted by molar-refractivity contribution is 9.10. The van der Waals surface area contributed by atoms with Gasteiger partial charge in [-0.05, 0) is 46.6 Å². The fraction of sp³-hybridized carbons (Fsp3) is 0.250. The second kappa shape index (κ2) is 9.44. The molecule has 0 unspecified atom stereocenters. The summed E-state index contributed by atoms with van der Waals surface area (Å²) < 4.78 is 5.76. The molecule has 0 spiro atoms. The molecule has 3 rings (SSSR count). The number of anilines is 2. The molecule has 1 aliphatic rings. The van der Waals surface area contributed by atoms with Gasteiger partial charge in [-0.15, -0.1) is 0 Å². The SMILES string of the molecule is Cc1cc(Br)c(Cl)cc1NC(=O)COC(=O)[C@@H]1CC(=O)N(c2cccc([N+](=O)[O-])c2)C1. The third kappa shape index (κ3) is 5.39. The summed E-state index contributed by atoms with van der Waals surface area (Å²) in [6.07, 6.45) is -0.107. The smallest absolute Gasteiger partial charge is 0.311 e. The number of nitrogens with zero attached hydrogens (tertiary/aromatic N) is 2. The van der Waals surface area contributed by atoms with Crippen molar-refractivity contribution in [3.8, 4) is 0 Å². The van der Waals surface area contributed by atoms with Gasteiger partial charge in [0, 0.05) is 35.3 Å². The Kier molecular flexibility index (Phi) is 6.91. The zero-order chi connectivity index (χ0) is 22.7. The van der Waals surface area contributed by atoms with Crippen molar-refractivity contribution >= 4 is 62.4 Å². The highest BCUT2D eigenvalue weighted by Gasteiger charge is 2.36. The number of non-ortho nitro benzene ring substituents is 1. The number of halogens is 2. The number of amides is 2. The van der Waals surface area contributed by atoms with E-state index in [9.17, 15) is 24.5 Å². The Hall–Kier alpha value is -2.98. The van der Waals surface area contributed by atoms with E-state index in [4.69, 9.17) is 16.3 Å². The molecule has 0 saturated carbocycles. The molecule has 0 aromatic heterocycles. The summed E-state index contributed by atoms with van der Waals surface area (Å²) in [5.74, 6) is -2.37. The molecule has 9 nitrogen and oxygen atoms in total. The van der Waals surface area contributed by atoms with Crippen LogP contribution in [0.25, 0.3) is 0 Å².